The number of carbonyl (C=O) groups excluding carboxylic acids is 2. The number of halogens is 2. The molecule has 8 heteroatoms. The first kappa shape index (κ1) is 21.7. The molecule has 2 N–H and O–H groups in total. The van der Waals surface area contributed by atoms with Crippen LogP contribution in [0.25, 0.3) is 0 Å². The molecule has 2 aromatic carbocycles. The molecule has 0 aliphatic rings. The highest BCUT2D eigenvalue weighted by molar-refractivity contribution is 9.10. The number of ether oxygens (including phenoxy) is 2. The van der Waals surface area contributed by atoms with Crippen LogP contribution in [0.4, 0.5) is 20.6 Å². The maximum Gasteiger partial charge on any atom is 0.412 e. The molecule has 2 rings (SSSR count). The minimum atomic E-state index is -0.646. The number of nitrogens with one attached hydrogen (secondary N) is 2. The van der Waals surface area contributed by atoms with Crippen molar-refractivity contribution in [2.45, 2.75) is 32.8 Å². The van der Waals surface area contributed by atoms with Crippen LogP contribution in [-0.2, 0) is 16.0 Å². The molecule has 0 atom stereocenters. The lowest BCUT2D eigenvalue weighted by Crippen LogP contribution is -2.27. The first-order valence-electron chi connectivity index (χ1n) is 8.49. The van der Waals surface area contributed by atoms with Gasteiger partial charge in [0.2, 0.25) is 5.91 Å². The Labute approximate surface area is 171 Å². The van der Waals surface area contributed by atoms with Gasteiger partial charge in [-0.05, 0) is 72.6 Å². The molecule has 0 spiro atoms. The molecule has 2 aromatic rings. The van der Waals surface area contributed by atoms with Crippen molar-refractivity contribution in [2.75, 3.05) is 17.7 Å². The van der Waals surface area contributed by atoms with Crippen LogP contribution in [0.1, 0.15) is 26.3 Å². The Balaban J connectivity index is 2.09. The Morgan fingerprint density at radius 2 is 1.82 bits per heavy atom. The van der Waals surface area contributed by atoms with Crippen molar-refractivity contribution in [1.29, 1.82) is 0 Å². The summed E-state index contributed by atoms with van der Waals surface area (Å²) < 4.78 is 24.1. The lowest BCUT2D eigenvalue weighted by atomic mass is 10.1. The highest BCUT2D eigenvalue weighted by Crippen LogP contribution is 2.28. The molecule has 0 saturated carbocycles. The van der Waals surface area contributed by atoms with Gasteiger partial charge in [0.05, 0.1) is 23.7 Å². The number of rotatable bonds is 5. The van der Waals surface area contributed by atoms with E-state index in [1.54, 1.807) is 51.1 Å². The Kier molecular flexibility index (Phi) is 7.01. The van der Waals surface area contributed by atoms with Crippen LogP contribution in [0.3, 0.4) is 0 Å². The summed E-state index contributed by atoms with van der Waals surface area (Å²) in [5, 5.41) is 5.35. The SMILES string of the molecule is COc1ccc(NC(=O)Cc2ccc(F)c(Br)c2)cc1NC(=O)OC(C)(C)C. The summed E-state index contributed by atoms with van der Waals surface area (Å²) in [6.45, 7) is 5.27. The summed E-state index contributed by atoms with van der Waals surface area (Å²) in [7, 11) is 1.47. The fraction of sp³-hybridized carbons (Fsp3) is 0.300. The molecule has 6 nitrogen and oxygen atoms in total. The maximum atomic E-state index is 13.3. The number of hydrogen-bond acceptors (Lipinski definition) is 4. The molecule has 0 unspecified atom stereocenters. The summed E-state index contributed by atoms with van der Waals surface area (Å²) >= 11 is 3.10. The number of benzene rings is 2. The summed E-state index contributed by atoms with van der Waals surface area (Å²) in [4.78, 5) is 24.3. The fourth-order valence-corrected chi connectivity index (χ4v) is 2.76. The second kappa shape index (κ2) is 9.05. The average Bonchev–Trinajstić information content (AvgIpc) is 2.56. The third kappa shape index (κ3) is 6.53. The molecule has 0 fully saturated rings. The van der Waals surface area contributed by atoms with E-state index in [0.717, 1.165) is 0 Å². The zero-order chi connectivity index (χ0) is 20.9. The van der Waals surface area contributed by atoms with Crippen molar-refractivity contribution in [1.82, 2.24) is 0 Å². The van der Waals surface area contributed by atoms with E-state index < -0.39 is 17.5 Å². The molecule has 0 aliphatic carbocycles. The lowest BCUT2D eigenvalue weighted by molar-refractivity contribution is -0.115. The van der Waals surface area contributed by atoms with Crippen molar-refractivity contribution in [3.8, 4) is 5.75 Å². The largest absolute Gasteiger partial charge is 0.495 e. The highest BCUT2D eigenvalue weighted by atomic mass is 79.9. The predicted octanol–water partition coefficient (Wildman–Crippen LogP) is 5.13. The molecule has 0 radical (unpaired) electrons. The van der Waals surface area contributed by atoms with Crippen LogP contribution in [0.5, 0.6) is 5.75 Å². The van der Waals surface area contributed by atoms with Gasteiger partial charge in [-0.1, -0.05) is 6.07 Å². The Hall–Kier alpha value is -2.61. The van der Waals surface area contributed by atoms with E-state index in [1.807, 2.05) is 0 Å². The molecule has 150 valence electrons. The molecule has 0 aromatic heterocycles. The first-order chi connectivity index (χ1) is 13.1. The van der Waals surface area contributed by atoms with E-state index in [4.69, 9.17) is 9.47 Å². The van der Waals surface area contributed by atoms with E-state index in [2.05, 4.69) is 26.6 Å². The summed E-state index contributed by atoms with van der Waals surface area (Å²) in [6, 6.07) is 9.24. The lowest BCUT2D eigenvalue weighted by Gasteiger charge is -2.20. The van der Waals surface area contributed by atoms with E-state index in [1.165, 1.54) is 13.2 Å². The van der Waals surface area contributed by atoms with Gasteiger partial charge in [-0.2, -0.15) is 0 Å². The second-order valence-corrected chi connectivity index (χ2v) is 7.87. The van der Waals surface area contributed by atoms with Crippen LogP contribution in [0, 0.1) is 5.82 Å². The van der Waals surface area contributed by atoms with Gasteiger partial charge in [0, 0.05) is 5.69 Å². The van der Waals surface area contributed by atoms with Crippen LogP contribution in [0.15, 0.2) is 40.9 Å². The summed E-state index contributed by atoms with van der Waals surface area (Å²) in [5.41, 5.74) is 0.843. The first-order valence-corrected chi connectivity index (χ1v) is 9.28. The second-order valence-electron chi connectivity index (χ2n) is 7.02. The quantitative estimate of drug-likeness (QED) is 0.659. The standard InChI is InChI=1S/C20H22BrFN2O4/c1-20(2,3)28-19(26)24-16-11-13(6-8-17(16)27-4)23-18(25)10-12-5-7-15(22)14(21)9-12/h5-9,11H,10H2,1-4H3,(H,23,25)(H,24,26). The van der Waals surface area contributed by atoms with Gasteiger partial charge in [-0.3, -0.25) is 10.1 Å². The smallest absolute Gasteiger partial charge is 0.412 e. The molecule has 0 bridgehead atoms. The van der Waals surface area contributed by atoms with Gasteiger partial charge in [0.25, 0.3) is 0 Å². The third-order valence-electron chi connectivity index (χ3n) is 3.47. The zero-order valence-corrected chi connectivity index (χ0v) is 17.6. The number of anilines is 2. The van der Waals surface area contributed by atoms with Crippen molar-refractivity contribution in [2.24, 2.45) is 0 Å². The van der Waals surface area contributed by atoms with E-state index in [9.17, 15) is 14.0 Å². The maximum absolute atomic E-state index is 13.3. The molecular formula is C20H22BrFN2O4. The van der Waals surface area contributed by atoms with Crippen molar-refractivity contribution < 1.29 is 23.5 Å². The molecule has 28 heavy (non-hydrogen) atoms. The van der Waals surface area contributed by atoms with Gasteiger partial charge in [-0.15, -0.1) is 0 Å². The summed E-state index contributed by atoms with van der Waals surface area (Å²) in [6.07, 6.45) is -0.565. The van der Waals surface area contributed by atoms with Gasteiger partial charge in [0.15, 0.2) is 0 Å². The van der Waals surface area contributed by atoms with Crippen molar-refractivity contribution in [3.05, 3.63) is 52.3 Å². The van der Waals surface area contributed by atoms with Crippen LogP contribution in [0.2, 0.25) is 0 Å². The van der Waals surface area contributed by atoms with Crippen LogP contribution in [-0.4, -0.2) is 24.7 Å². The van der Waals surface area contributed by atoms with Crippen molar-refractivity contribution >= 4 is 39.3 Å². The topological polar surface area (TPSA) is 76.7 Å². The number of carbonyl (C=O) groups is 2. The Morgan fingerprint density at radius 3 is 2.43 bits per heavy atom. The van der Waals surface area contributed by atoms with Gasteiger partial charge >= 0.3 is 6.09 Å². The average molecular weight is 453 g/mol. The Morgan fingerprint density at radius 1 is 1.11 bits per heavy atom. The number of hydrogen-bond donors (Lipinski definition) is 2. The van der Waals surface area contributed by atoms with E-state index >= 15 is 0 Å². The van der Waals surface area contributed by atoms with Gasteiger partial charge in [0.1, 0.15) is 17.2 Å². The molecule has 2 amide bonds. The highest BCUT2D eigenvalue weighted by Gasteiger charge is 2.18. The minimum Gasteiger partial charge on any atom is -0.495 e. The predicted molar refractivity (Wildman–Crippen MR) is 109 cm³/mol. The van der Waals surface area contributed by atoms with Gasteiger partial charge in [-0.25, -0.2) is 9.18 Å². The fourth-order valence-electron chi connectivity index (χ4n) is 2.34. The molecular weight excluding hydrogens is 431 g/mol. The summed E-state index contributed by atoms with van der Waals surface area (Å²) in [5.74, 6) is -0.254. The van der Waals surface area contributed by atoms with Gasteiger partial charge < -0.3 is 14.8 Å². The van der Waals surface area contributed by atoms with E-state index in [0.29, 0.717) is 27.2 Å². The zero-order valence-electron chi connectivity index (χ0n) is 16.1. The molecule has 0 saturated heterocycles. The monoisotopic (exact) mass is 452 g/mol. The van der Waals surface area contributed by atoms with Crippen molar-refractivity contribution in [3.63, 3.8) is 0 Å². The minimum absolute atomic E-state index is 0.0692. The number of methoxy groups -OCH3 is 1. The Bertz CT molecular complexity index is 881. The third-order valence-corrected chi connectivity index (χ3v) is 4.08. The van der Waals surface area contributed by atoms with E-state index in [-0.39, 0.29) is 12.3 Å². The number of amides is 2. The molecule has 0 aliphatic heterocycles. The van der Waals surface area contributed by atoms with Crippen LogP contribution >= 0.6 is 15.9 Å². The molecule has 0 heterocycles. The van der Waals surface area contributed by atoms with Crippen LogP contribution < -0.4 is 15.4 Å². The normalized spacial score (nSPS) is 10.9.